The lowest BCUT2D eigenvalue weighted by atomic mass is 10.1. The van der Waals surface area contributed by atoms with Crippen molar-refractivity contribution in [2.24, 2.45) is 0 Å². The van der Waals surface area contributed by atoms with E-state index in [2.05, 4.69) is 16.2 Å². The topological polar surface area (TPSA) is 96.3 Å². The van der Waals surface area contributed by atoms with Gasteiger partial charge < -0.3 is 0 Å². The van der Waals surface area contributed by atoms with Crippen molar-refractivity contribution >= 4 is 34.6 Å². The molecular formula is C14H12N4O3S. The first kappa shape index (κ1) is 15.4. The van der Waals surface area contributed by atoms with Crippen LogP contribution in [0.5, 0.6) is 0 Å². The third-order valence-corrected chi connectivity index (χ3v) is 2.87. The fourth-order valence-electron chi connectivity index (χ4n) is 1.68. The monoisotopic (exact) mass is 316 g/mol. The van der Waals surface area contributed by atoms with Gasteiger partial charge in [-0.2, -0.15) is 0 Å². The van der Waals surface area contributed by atoms with E-state index in [0.717, 1.165) is 5.69 Å². The van der Waals surface area contributed by atoms with Crippen molar-refractivity contribution in [3.63, 3.8) is 0 Å². The number of carbonyl (C=O) groups excluding carboxylic acids is 1. The molecule has 2 rings (SSSR count). The molecule has 0 aliphatic carbocycles. The maximum atomic E-state index is 12.0. The number of rotatable bonds is 4. The molecule has 0 radical (unpaired) electrons. The predicted molar refractivity (Wildman–Crippen MR) is 86.4 cm³/mol. The van der Waals surface area contributed by atoms with Gasteiger partial charge in [0.1, 0.15) is 5.56 Å². The second-order valence-corrected chi connectivity index (χ2v) is 4.58. The summed E-state index contributed by atoms with van der Waals surface area (Å²) in [5.74, 6) is -0.653. The molecule has 0 atom stereocenters. The molecule has 2 aromatic rings. The van der Waals surface area contributed by atoms with Crippen molar-refractivity contribution in [1.82, 2.24) is 10.7 Å². The molecule has 22 heavy (non-hydrogen) atoms. The zero-order chi connectivity index (χ0) is 15.9. The number of hydrazine groups is 1. The average Bonchev–Trinajstić information content (AvgIpc) is 2.54. The number of nitro benzene ring substituents is 1. The minimum atomic E-state index is -0.653. The molecule has 3 N–H and O–H groups in total. The normalized spacial score (nSPS) is 9.64. The number of nitrogens with one attached hydrogen (secondary N) is 3. The molecule has 112 valence electrons. The molecule has 7 nitrogen and oxygen atoms in total. The van der Waals surface area contributed by atoms with Crippen LogP contribution in [-0.4, -0.2) is 15.9 Å². The summed E-state index contributed by atoms with van der Waals surface area (Å²) in [5.41, 5.74) is 5.84. The lowest BCUT2D eigenvalue weighted by molar-refractivity contribution is -0.385. The Kier molecular flexibility index (Phi) is 4.99. The van der Waals surface area contributed by atoms with Crippen LogP contribution in [0.3, 0.4) is 0 Å². The van der Waals surface area contributed by atoms with E-state index < -0.39 is 10.8 Å². The van der Waals surface area contributed by atoms with Crippen molar-refractivity contribution < 1.29 is 9.72 Å². The first-order chi connectivity index (χ1) is 10.6. The molecule has 0 heterocycles. The Labute approximate surface area is 131 Å². The van der Waals surface area contributed by atoms with Gasteiger partial charge in [-0.1, -0.05) is 30.3 Å². The third kappa shape index (κ3) is 4.00. The van der Waals surface area contributed by atoms with Crippen molar-refractivity contribution in [3.8, 4) is 0 Å². The molecule has 0 saturated carbocycles. The average molecular weight is 316 g/mol. The highest BCUT2D eigenvalue weighted by molar-refractivity contribution is 7.80. The summed E-state index contributed by atoms with van der Waals surface area (Å²) in [7, 11) is 0. The summed E-state index contributed by atoms with van der Waals surface area (Å²) < 4.78 is 0. The molecule has 0 aromatic heterocycles. The van der Waals surface area contributed by atoms with Crippen LogP contribution in [-0.2, 0) is 0 Å². The number of hydrogen-bond donors (Lipinski definition) is 3. The van der Waals surface area contributed by atoms with E-state index in [0.29, 0.717) is 0 Å². The highest BCUT2D eigenvalue weighted by atomic mass is 32.1. The quantitative estimate of drug-likeness (QED) is 0.455. The van der Waals surface area contributed by atoms with E-state index in [1.54, 1.807) is 18.2 Å². The van der Waals surface area contributed by atoms with Crippen molar-refractivity contribution in [3.05, 3.63) is 70.3 Å². The lowest BCUT2D eigenvalue weighted by Crippen LogP contribution is -2.42. The van der Waals surface area contributed by atoms with Crippen LogP contribution in [0.1, 0.15) is 10.4 Å². The largest absolute Gasteiger partial charge is 0.299 e. The molecule has 8 heteroatoms. The minimum absolute atomic E-state index is 0.00649. The maximum absolute atomic E-state index is 12.0. The molecule has 1 amide bonds. The van der Waals surface area contributed by atoms with Gasteiger partial charge >= 0.3 is 0 Å². The molecular weight excluding hydrogens is 304 g/mol. The summed E-state index contributed by atoms with van der Waals surface area (Å²) in [5, 5.41) is 13.3. The SMILES string of the molecule is O=C(NC(=S)NNc1ccccc1)c1ccccc1[N+](=O)[O-]. The van der Waals surface area contributed by atoms with Crippen LogP contribution in [0, 0.1) is 10.1 Å². The van der Waals surface area contributed by atoms with Gasteiger partial charge in [-0.25, -0.2) is 0 Å². The molecule has 0 fully saturated rings. The van der Waals surface area contributed by atoms with Gasteiger partial charge in [-0.05, 0) is 30.4 Å². The van der Waals surface area contributed by atoms with Gasteiger partial charge in [0.15, 0.2) is 5.11 Å². The second kappa shape index (κ2) is 7.14. The molecule has 0 aliphatic rings. The Morgan fingerprint density at radius 3 is 2.36 bits per heavy atom. The van der Waals surface area contributed by atoms with Crippen molar-refractivity contribution in [2.45, 2.75) is 0 Å². The number of thiocarbonyl (C=S) groups is 1. The molecule has 2 aromatic carbocycles. The Balaban J connectivity index is 1.97. The molecule has 0 saturated heterocycles. The number of anilines is 1. The van der Waals surface area contributed by atoms with Crippen LogP contribution >= 0.6 is 12.2 Å². The predicted octanol–water partition coefficient (Wildman–Crippen LogP) is 2.23. The Bertz CT molecular complexity index is 706. The lowest BCUT2D eigenvalue weighted by Gasteiger charge is -2.11. The summed E-state index contributed by atoms with van der Waals surface area (Å²) in [6.07, 6.45) is 0. The highest BCUT2D eigenvalue weighted by Crippen LogP contribution is 2.17. The molecule has 0 bridgehead atoms. The highest BCUT2D eigenvalue weighted by Gasteiger charge is 2.19. The number of carbonyl (C=O) groups is 1. The van der Waals surface area contributed by atoms with E-state index in [4.69, 9.17) is 12.2 Å². The maximum Gasteiger partial charge on any atom is 0.282 e. The molecule has 0 spiro atoms. The number of nitro groups is 1. The Morgan fingerprint density at radius 1 is 1.05 bits per heavy atom. The van der Waals surface area contributed by atoms with Crippen LogP contribution in [0.25, 0.3) is 0 Å². The fourth-order valence-corrected chi connectivity index (χ4v) is 1.82. The third-order valence-electron chi connectivity index (χ3n) is 2.67. The first-order valence-electron chi connectivity index (χ1n) is 6.24. The van der Waals surface area contributed by atoms with E-state index in [1.165, 1.54) is 18.2 Å². The summed E-state index contributed by atoms with van der Waals surface area (Å²) in [6, 6.07) is 14.8. The standard InChI is InChI=1S/C14H12N4O3S/c19-13(11-8-4-5-9-12(11)18(20)21)15-14(22)17-16-10-6-2-1-3-7-10/h1-9,16H,(H2,15,17,19,22). The second-order valence-electron chi connectivity index (χ2n) is 4.17. The van der Waals surface area contributed by atoms with Gasteiger partial charge in [-0.3, -0.25) is 31.1 Å². The van der Waals surface area contributed by atoms with Gasteiger partial charge in [0.2, 0.25) is 0 Å². The van der Waals surface area contributed by atoms with Crippen LogP contribution < -0.4 is 16.2 Å². The van der Waals surface area contributed by atoms with Crippen LogP contribution in [0.2, 0.25) is 0 Å². The molecule has 0 unspecified atom stereocenters. The van der Waals surface area contributed by atoms with E-state index in [1.807, 2.05) is 18.2 Å². The smallest absolute Gasteiger partial charge is 0.282 e. The van der Waals surface area contributed by atoms with Crippen LogP contribution in [0.4, 0.5) is 11.4 Å². The summed E-state index contributed by atoms with van der Waals surface area (Å²) in [6.45, 7) is 0. The molecule has 0 aliphatic heterocycles. The van der Waals surface area contributed by atoms with Crippen molar-refractivity contribution in [2.75, 3.05) is 5.43 Å². The van der Waals surface area contributed by atoms with Crippen molar-refractivity contribution in [1.29, 1.82) is 0 Å². The fraction of sp³-hybridized carbons (Fsp3) is 0. The zero-order valence-corrected chi connectivity index (χ0v) is 12.1. The number of amides is 1. The number of benzene rings is 2. The van der Waals surface area contributed by atoms with Gasteiger partial charge in [0, 0.05) is 6.07 Å². The number of nitrogens with zero attached hydrogens (tertiary/aromatic N) is 1. The Hall–Kier alpha value is -3.00. The summed E-state index contributed by atoms with van der Waals surface area (Å²) >= 11 is 4.96. The van der Waals surface area contributed by atoms with Crippen LogP contribution in [0.15, 0.2) is 54.6 Å². The number of hydrogen-bond acceptors (Lipinski definition) is 5. The minimum Gasteiger partial charge on any atom is -0.299 e. The van der Waals surface area contributed by atoms with Gasteiger partial charge in [0.25, 0.3) is 11.6 Å². The first-order valence-corrected chi connectivity index (χ1v) is 6.64. The number of para-hydroxylation sites is 2. The van der Waals surface area contributed by atoms with Gasteiger partial charge in [0.05, 0.1) is 10.6 Å². The van der Waals surface area contributed by atoms with E-state index in [-0.39, 0.29) is 16.4 Å². The summed E-state index contributed by atoms with van der Waals surface area (Å²) in [4.78, 5) is 22.3. The van der Waals surface area contributed by atoms with E-state index >= 15 is 0 Å². The zero-order valence-electron chi connectivity index (χ0n) is 11.3. The van der Waals surface area contributed by atoms with E-state index in [9.17, 15) is 14.9 Å². The Morgan fingerprint density at radius 2 is 1.68 bits per heavy atom. The van der Waals surface area contributed by atoms with Gasteiger partial charge in [-0.15, -0.1) is 0 Å².